The number of nitrogens with zero attached hydrogens (tertiary/aromatic N) is 1. The lowest BCUT2D eigenvalue weighted by atomic mass is 9.91. The van der Waals surface area contributed by atoms with Gasteiger partial charge in [0.05, 0.1) is 6.04 Å². The summed E-state index contributed by atoms with van der Waals surface area (Å²) in [6, 6.07) is 17.2. The Morgan fingerprint density at radius 2 is 1.42 bits per heavy atom. The summed E-state index contributed by atoms with van der Waals surface area (Å²) >= 11 is 12.2. The van der Waals surface area contributed by atoms with Gasteiger partial charge >= 0.3 is 0 Å². The first-order valence-corrected chi connectivity index (χ1v) is 9.29. The molecule has 1 heterocycles. The number of benzene rings is 2. The van der Waals surface area contributed by atoms with Crippen LogP contribution in [0.2, 0.25) is 10.0 Å². The van der Waals surface area contributed by atoms with Crippen LogP contribution in [0.15, 0.2) is 48.5 Å². The van der Waals surface area contributed by atoms with Gasteiger partial charge in [-0.3, -0.25) is 4.90 Å². The molecule has 2 nitrogen and oxygen atoms in total. The third-order valence-corrected chi connectivity index (χ3v) is 5.30. The van der Waals surface area contributed by atoms with Crippen LogP contribution in [0.5, 0.6) is 0 Å². The van der Waals surface area contributed by atoms with Crippen molar-refractivity contribution in [1.82, 2.24) is 10.2 Å². The van der Waals surface area contributed by atoms with Gasteiger partial charge in [0.15, 0.2) is 0 Å². The van der Waals surface area contributed by atoms with E-state index in [2.05, 4.69) is 48.3 Å². The van der Waals surface area contributed by atoms with Crippen molar-refractivity contribution >= 4 is 23.2 Å². The molecule has 2 aromatic rings. The molecular weight excluding hydrogens is 339 g/mol. The average Bonchev–Trinajstić information content (AvgIpc) is 2.59. The Bertz CT molecular complexity index is 607. The molecule has 0 aliphatic carbocycles. The second-order valence-electron chi connectivity index (χ2n) is 6.76. The molecule has 0 radical (unpaired) electrons. The number of piperazine rings is 1. The van der Waals surface area contributed by atoms with Gasteiger partial charge in [0.2, 0.25) is 0 Å². The van der Waals surface area contributed by atoms with E-state index in [0.717, 1.165) is 29.7 Å². The third-order valence-electron chi connectivity index (χ3n) is 4.80. The van der Waals surface area contributed by atoms with Gasteiger partial charge in [-0.05, 0) is 41.3 Å². The highest BCUT2D eigenvalue weighted by atomic mass is 35.5. The van der Waals surface area contributed by atoms with E-state index in [0.29, 0.717) is 12.0 Å². The van der Waals surface area contributed by atoms with Crippen molar-refractivity contribution in [2.75, 3.05) is 19.6 Å². The Labute approximate surface area is 154 Å². The molecule has 2 aromatic carbocycles. The molecule has 128 valence electrons. The van der Waals surface area contributed by atoms with Crippen LogP contribution in [0, 0.1) is 5.92 Å². The smallest absolute Gasteiger partial charge is 0.0605 e. The molecule has 0 amide bonds. The van der Waals surface area contributed by atoms with Crippen molar-refractivity contribution in [1.29, 1.82) is 0 Å². The summed E-state index contributed by atoms with van der Waals surface area (Å²) in [7, 11) is 0. The van der Waals surface area contributed by atoms with Gasteiger partial charge in [-0.15, -0.1) is 0 Å². The molecule has 0 spiro atoms. The minimum absolute atomic E-state index is 0.217. The van der Waals surface area contributed by atoms with Gasteiger partial charge in [0.25, 0.3) is 0 Å². The number of hydrogen-bond donors (Lipinski definition) is 1. The summed E-state index contributed by atoms with van der Waals surface area (Å²) in [5, 5.41) is 5.08. The quantitative estimate of drug-likeness (QED) is 0.821. The van der Waals surface area contributed by atoms with Gasteiger partial charge in [-0.1, -0.05) is 61.3 Å². The molecule has 0 saturated carbocycles. The topological polar surface area (TPSA) is 15.3 Å². The van der Waals surface area contributed by atoms with Crippen LogP contribution in [0.4, 0.5) is 0 Å². The highest BCUT2D eigenvalue weighted by Crippen LogP contribution is 2.33. The fourth-order valence-corrected chi connectivity index (χ4v) is 3.80. The van der Waals surface area contributed by atoms with Crippen molar-refractivity contribution in [3.63, 3.8) is 0 Å². The third kappa shape index (κ3) is 3.94. The summed E-state index contributed by atoms with van der Waals surface area (Å²) in [6.07, 6.45) is 0. The van der Waals surface area contributed by atoms with Crippen molar-refractivity contribution in [2.24, 2.45) is 5.92 Å². The van der Waals surface area contributed by atoms with Gasteiger partial charge in [0.1, 0.15) is 0 Å². The molecule has 1 aliphatic heterocycles. The van der Waals surface area contributed by atoms with Crippen molar-refractivity contribution < 1.29 is 0 Å². The maximum Gasteiger partial charge on any atom is 0.0605 e. The summed E-state index contributed by atoms with van der Waals surface area (Å²) in [6.45, 7) is 7.66. The van der Waals surface area contributed by atoms with E-state index in [1.54, 1.807) is 0 Å². The number of rotatable bonds is 4. The molecule has 0 bridgehead atoms. The van der Waals surface area contributed by atoms with E-state index in [4.69, 9.17) is 23.2 Å². The highest BCUT2D eigenvalue weighted by Gasteiger charge is 2.32. The van der Waals surface area contributed by atoms with Crippen molar-refractivity contribution in [3.8, 4) is 0 Å². The summed E-state index contributed by atoms with van der Waals surface area (Å²) < 4.78 is 0. The molecule has 1 aliphatic rings. The number of nitrogens with one attached hydrogen (secondary N) is 1. The summed E-state index contributed by atoms with van der Waals surface area (Å²) in [5.74, 6) is 0.583. The SMILES string of the molecule is CC(C)[C@@H]1CNCCN1C(c1ccc(Cl)cc1)c1ccc(Cl)cc1. The first kappa shape index (κ1) is 17.8. The van der Waals surface area contributed by atoms with Crippen molar-refractivity contribution in [3.05, 3.63) is 69.7 Å². The first-order valence-electron chi connectivity index (χ1n) is 8.53. The Hall–Kier alpha value is -1.06. The molecule has 0 aromatic heterocycles. The lowest BCUT2D eigenvalue weighted by molar-refractivity contribution is 0.0933. The first-order chi connectivity index (χ1) is 11.6. The number of halogens is 2. The maximum absolute atomic E-state index is 6.11. The van der Waals surface area contributed by atoms with Gasteiger partial charge in [-0.25, -0.2) is 0 Å². The molecule has 1 saturated heterocycles. The minimum Gasteiger partial charge on any atom is -0.314 e. The van der Waals surface area contributed by atoms with E-state index in [9.17, 15) is 0 Å². The monoisotopic (exact) mass is 362 g/mol. The van der Waals surface area contributed by atoms with Gasteiger partial charge in [-0.2, -0.15) is 0 Å². The molecule has 1 atom stereocenters. The Kier molecular flexibility index (Phi) is 5.83. The number of hydrogen-bond acceptors (Lipinski definition) is 2. The Balaban J connectivity index is 2.03. The van der Waals surface area contributed by atoms with Crippen LogP contribution in [0.3, 0.4) is 0 Å². The fraction of sp³-hybridized carbons (Fsp3) is 0.400. The Morgan fingerprint density at radius 1 is 0.917 bits per heavy atom. The van der Waals surface area contributed by atoms with Gasteiger partial charge in [0, 0.05) is 35.7 Å². The van der Waals surface area contributed by atoms with Crippen LogP contribution < -0.4 is 5.32 Å². The molecule has 3 rings (SSSR count). The zero-order chi connectivity index (χ0) is 17.1. The van der Waals surface area contributed by atoms with E-state index in [1.165, 1.54) is 11.1 Å². The van der Waals surface area contributed by atoms with Crippen LogP contribution in [0.25, 0.3) is 0 Å². The normalized spacial score (nSPS) is 19.2. The fourth-order valence-electron chi connectivity index (χ4n) is 3.55. The second kappa shape index (κ2) is 7.88. The Morgan fingerprint density at radius 3 is 1.88 bits per heavy atom. The van der Waals surface area contributed by atoms with E-state index in [1.807, 2.05) is 24.3 Å². The predicted octanol–water partition coefficient (Wildman–Crippen LogP) is 5.01. The molecule has 0 unspecified atom stereocenters. The molecule has 1 fully saturated rings. The molecular formula is C20H24Cl2N2. The predicted molar refractivity (Wildman–Crippen MR) is 103 cm³/mol. The van der Waals surface area contributed by atoms with Crippen LogP contribution in [-0.4, -0.2) is 30.6 Å². The van der Waals surface area contributed by atoms with E-state index < -0.39 is 0 Å². The zero-order valence-corrected chi connectivity index (χ0v) is 15.7. The minimum atomic E-state index is 0.217. The second-order valence-corrected chi connectivity index (χ2v) is 7.63. The molecule has 1 N–H and O–H groups in total. The molecule has 24 heavy (non-hydrogen) atoms. The van der Waals surface area contributed by atoms with Gasteiger partial charge < -0.3 is 5.32 Å². The average molecular weight is 363 g/mol. The maximum atomic E-state index is 6.11. The van der Waals surface area contributed by atoms with E-state index in [-0.39, 0.29) is 6.04 Å². The van der Waals surface area contributed by atoms with Crippen LogP contribution >= 0.6 is 23.2 Å². The van der Waals surface area contributed by atoms with Crippen LogP contribution in [-0.2, 0) is 0 Å². The standard InChI is InChI=1S/C20H24Cl2N2/c1-14(2)19-13-23-11-12-24(19)20(15-3-7-17(21)8-4-15)16-5-9-18(22)10-6-16/h3-10,14,19-20,23H,11-13H2,1-2H3/t19-/m0/s1. The summed E-state index contributed by atoms with van der Waals surface area (Å²) in [4.78, 5) is 2.62. The van der Waals surface area contributed by atoms with Crippen molar-refractivity contribution in [2.45, 2.75) is 25.9 Å². The van der Waals surface area contributed by atoms with Crippen LogP contribution in [0.1, 0.15) is 31.0 Å². The largest absolute Gasteiger partial charge is 0.314 e. The lowest BCUT2D eigenvalue weighted by Gasteiger charge is -2.44. The summed E-state index contributed by atoms with van der Waals surface area (Å²) in [5.41, 5.74) is 2.54. The molecule has 4 heteroatoms. The zero-order valence-electron chi connectivity index (χ0n) is 14.2. The van der Waals surface area contributed by atoms with E-state index >= 15 is 0 Å². The highest BCUT2D eigenvalue weighted by molar-refractivity contribution is 6.30. The lowest BCUT2D eigenvalue weighted by Crippen LogP contribution is -2.54.